The van der Waals surface area contributed by atoms with Gasteiger partial charge < -0.3 is 4.74 Å². The Morgan fingerprint density at radius 2 is 2.00 bits per heavy atom. The minimum Gasteiger partial charge on any atom is -0.362 e. The summed E-state index contributed by atoms with van der Waals surface area (Å²) < 4.78 is 16.8. The van der Waals surface area contributed by atoms with Gasteiger partial charge in [0.15, 0.2) is 0 Å². The number of alkyl halides is 1. The van der Waals surface area contributed by atoms with Crippen LogP contribution in [0.1, 0.15) is 6.92 Å². The quantitative estimate of drug-likeness (QED) is 0.766. The highest BCUT2D eigenvalue weighted by Gasteiger charge is 2.11. The number of benzene rings is 1. The van der Waals surface area contributed by atoms with E-state index in [2.05, 4.69) is 0 Å². The second kappa shape index (κ2) is 6.48. The number of rotatable bonds is 5. The summed E-state index contributed by atoms with van der Waals surface area (Å²) in [6.45, 7) is 2.37. The Balaban J connectivity index is 2.57. The van der Waals surface area contributed by atoms with Crippen molar-refractivity contribution >= 4 is 34.0 Å². The highest BCUT2D eigenvalue weighted by atomic mass is 35.5. The normalized spacial score (nSPS) is 14.9. The second-order valence-electron chi connectivity index (χ2n) is 2.83. The van der Waals surface area contributed by atoms with E-state index in [1.807, 2.05) is 6.92 Å². The molecule has 0 aliphatic heterocycles. The minimum absolute atomic E-state index is 0.289. The van der Waals surface area contributed by atoms with Gasteiger partial charge in [0.05, 0.1) is 16.6 Å². The van der Waals surface area contributed by atoms with E-state index >= 15 is 0 Å². The first-order valence-electron chi connectivity index (χ1n) is 4.53. The molecule has 1 rings (SSSR count). The summed E-state index contributed by atoms with van der Waals surface area (Å²) in [5.74, 6) is 0.289. The molecule has 0 aliphatic carbocycles. The molecule has 2 nitrogen and oxygen atoms in total. The Hall–Kier alpha value is -0.0900. The fourth-order valence-corrected chi connectivity index (χ4v) is 2.59. The van der Waals surface area contributed by atoms with Gasteiger partial charge in [-0.15, -0.1) is 0 Å². The molecular formula is C10H12Cl2O2S. The van der Waals surface area contributed by atoms with Gasteiger partial charge in [0.25, 0.3) is 0 Å². The summed E-state index contributed by atoms with van der Waals surface area (Å²) in [7, 11) is -1.14. The van der Waals surface area contributed by atoms with Crippen LogP contribution in [0.5, 0.6) is 0 Å². The maximum atomic E-state index is 11.7. The van der Waals surface area contributed by atoms with Gasteiger partial charge in [-0.2, -0.15) is 0 Å². The third kappa shape index (κ3) is 4.51. The van der Waals surface area contributed by atoms with Crippen molar-refractivity contribution in [3.8, 4) is 0 Å². The molecule has 0 spiro atoms. The van der Waals surface area contributed by atoms with Crippen molar-refractivity contribution in [2.45, 2.75) is 17.4 Å². The topological polar surface area (TPSA) is 26.3 Å². The van der Waals surface area contributed by atoms with E-state index in [1.165, 1.54) is 0 Å². The van der Waals surface area contributed by atoms with Crippen LogP contribution in [0.15, 0.2) is 29.2 Å². The zero-order chi connectivity index (χ0) is 11.3. The van der Waals surface area contributed by atoms with Crippen LogP contribution in [-0.2, 0) is 15.5 Å². The lowest BCUT2D eigenvalue weighted by atomic mass is 10.4. The molecule has 0 fully saturated rings. The molecule has 1 aromatic carbocycles. The molecule has 0 saturated heterocycles. The second-order valence-corrected chi connectivity index (χ2v) is 5.25. The first-order valence-corrected chi connectivity index (χ1v) is 6.66. The molecule has 1 aromatic rings. The van der Waals surface area contributed by atoms with Crippen molar-refractivity contribution in [3.05, 3.63) is 29.3 Å². The zero-order valence-electron chi connectivity index (χ0n) is 8.28. The van der Waals surface area contributed by atoms with Gasteiger partial charge in [-0.25, -0.2) is 0 Å². The highest BCUT2D eigenvalue weighted by Crippen LogP contribution is 2.14. The van der Waals surface area contributed by atoms with E-state index in [0.29, 0.717) is 16.5 Å². The van der Waals surface area contributed by atoms with Crippen molar-refractivity contribution in [3.63, 3.8) is 0 Å². The number of hydrogen-bond donors (Lipinski definition) is 0. The molecule has 2 unspecified atom stereocenters. The summed E-state index contributed by atoms with van der Waals surface area (Å²) in [5.41, 5.74) is -0.508. The Bertz CT molecular complexity index is 327. The Morgan fingerprint density at radius 1 is 1.40 bits per heavy atom. The standard InChI is InChI=1S/C10H12Cl2O2S/c1-2-14-10(12)7-15(13)9-5-3-8(11)4-6-9/h3-6,10H,2,7H2,1H3. The molecule has 0 bridgehead atoms. The summed E-state index contributed by atoms with van der Waals surface area (Å²) in [4.78, 5) is 0.713. The third-order valence-electron chi connectivity index (χ3n) is 1.71. The summed E-state index contributed by atoms with van der Waals surface area (Å²) >= 11 is 11.5. The molecular weight excluding hydrogens is 255 g/mol. The van der Waals surface area contributed by atoms with Crippen LogP contribution in [0, 0.1) is 0 Å². The number of halogens is 2. The number of ether oxygens (including phenoxy) is 1. The van der Waals surface area contributed by atoms with Crippen LogP contribution in [0.3, 0.4) is 0 Å². The van der Waals surface area contributed by atoms with E-state index in [0.717, 1.165) is 0 Å². The van der Waals surface area contributed by atoms with Gasteiger partial charge in [0.1, 0.15) is 5.56 Å². The van der Waals surface area contributed by atoms with Gasteiger partial charge in [-0.1, -0.05) is 23.2 Å². The maximum Gasteiger partial charge on any atom is 0.142 e. The van der Waals surface area contributed by atoms with Gasteiger partial charge in [-0.05, 0) is 31.2 Å². The van der Waals surface area contributed by atoms with E-state index < -0.39 is 16.4 Å². The van der Waals surface area contributed by atoms with E-state index in [-0.39, 0.29) is 5.75 Å². The molecule has 2 atom stereocenters. The molecule has 15 heavy (non-hydrogen) atoms. The van der Waals surface area contributed by atoms with Gasteiger partial charge in [0, 0.05) is 16.5 Å². The third-order valence-corrected chi connectivity index (χ3v) is 3.83. The SMILES string of the molecule is CCOC(Cl)CS(=O)c1ccc(Cl)cc1. The molecule has 0 aliphatic rings. The largest absolute Gasteiger partial charge is 0.362 e. The highest BCUT2D eigenvalue weighted by molar-refractivity contribution is 7.85. The van der Waals surface area contributed by atoms with Gasteiger partial charge in [0.2, 0.25) is 0 Å². The predicted molar refractivity (Wildman–Crippen MR) is 64.0 cm³/mol. The van der Waals surface area contributed by atoms with Crippen molar-refractivity contribution < 1.29 is 8.95 Å². The summed E-state index contributed by atoms with van der Waals surface area (Å²) in [6, 6.07) is 6.87. The van der Waals surface area contributed by atoms with Crippen LogP contribution in [-0.4, -0.2) is 22.1 Å². The maximum absolute atomic E-state index is 11.7. The molecule has 84 valence electrons. The minimum atomic E-state index is -1.14. The van der Waals surface area contributed by atoms with Crippen molar-refractivity contribution in [2.75, 3.05) is 12.4 Å². The Morgan fingerprint density at radius 3 is 2.53 bits per heavy atom. The van der Waals surface area contributed by atoms with Crippen LogP contribution >= 0.6 is 23.2 Å². The Kier molecular flexibility index (Phi) is 5.61. The molecule has 0 heterocycles. The van der Waals surface area contributed by atoms with Crippen LogP contribution in [0.2, 0.25) is 5.02 Å². The Labute approximate surface area is 102 Å². The van der Waals surface area contributed by atoms with Gasteiger partial charge in [-0.3, -0.25) is 4.21 Å². The molecule has 0 aromatic heterocycles. The lowest BCUT2D eigenvalue weighted by Gasteiger charge is -2.08. The predicted octanol–water partition coefficient (Wildman–Crippen LogP) is 3.05. The zero-order valence-corrected chi connectivity index (χ0v) is 10.6. The monoisotopic (exact) mass is 266 g/mol. The summed E-state index contributed by atoms with van der Waals surface area (Å²) in [6.07, 6.45) is 0. The summed E-state index contributed by atoms with van der Waals surface area (Å²) in [5, 5.41) is 0.628. The average molecular weight is 267 g/mol. The first-order chi connectivity index (χ1) is 7.13. The molecule has 0 radical (unpaired) electrons. The molecule has 0 amide bonds. The lowest BCUT2D eigenvalue weighted by Crippen LogP contribution is -2.14. The van der Waals surface area contributed by atoms with Crippen molar-refractivity contribution in [2.24, 2.45) is 0 Å². The molecule has 5 heteroatoms. The molecule has 0 saturated carbocycles. The van der Waals surface area contributed by atoms with Crippen LogP contribution < -0.4 is 0 Å². The number of hydrogen-bond acceptors (Lipinski definition) is 2. The van der Waals surface area contributed by atoms with Gasteiger partial charge >= 0.3 is 0 Å². The first kappa shape index (κ1) is 13.0. The van der Waals surface area contributed by atoms with E-state index in [1.54, 1.807) is 24.3 Å². The van der Waals surface area contributed by atoms with Crippen LogP contribution in [0.4, 0.5) is 0 Å². The lowest BCUT2D eigenvalue weighted by molar-refractivity contribution is 0.134. The smallest absolute Gasteiger partial charge is 0.142 e. The van der Waals surface area contributed by atoms with E-state index in [9.17, 15) is 4.21 Å². The van der Waals surface area contributed by atoms with Crippen molar-refractivity contribution in [1.29, 1.82) is 0 Å². The van der Waals surface area contributed by atoms with E-state index in [4.69, 9.17) is 27.9 Å². The van der Waals surface area contributed by atoms with Crippen molar-refractivity contribution in [1.82, 2.24) is 0 Å². The fourth-order valence-electron chi connectivity index (χ4n) is 1.03. The fraction of sp³-hybridized carbons (Fsp3) is 0.400. The van der Waals surface area contributed by atoms with Crippen LogP contribution in [0.25, 0.3) is 0 Å². The molecule has 0 N–H and O–H groups in total. The average Bonchev–Trinajstić information content (AvgIpc) is 2.18.